The molecule has 0 atom stereocenters. The van der Waals surface area contributed by atoms with Gasteiger partial charge < -0.3 is 9.64 Å². The van der Waals surface area contributed by atoms with Crippen molar-refractivity contribution in [2.45, 2.75) is 37.4 Å². The van der Waals surface area contributed by atoms with Gasteiger partial charge in [0, 0.05) is 13.1 Å². The maximum atomic E-state index is 12.9. The van der Waals surface area contributed by atoms with Crippen LogP contribution in [0.25, 0.3) is 0 Å². The number of piperidine rings is 1. The van der Waals surface area contributed by atoms with Crippen LogP contribution in [0, 0.1) is 0 Å². The smallest absolute Gasteiger partial charge is 0.365 e. The van der Waals surface area contributed by atoms with E-state index in [0.29, 0.717) is 32.5 Å². The second-order valence-electron chi connectivity index (χ2n) is 6.93. The third-order valence-electron chi connectivity index (χ3n) is 5.23. The van der Waals surface area contributed by atoms with Gasteiger partial charge in [0.15, 0.2) is 10.7 Å². The summed E-state index contributed by atoms with van der Waals surface area (Å²) in [5, 5.41) is -0.142. The molecule has 156 valence electrons. The fourth-order valence-corrected chi connectivity index (χ4v) is 4.95. The molecule has 0 saturated carbocycles. The Kier molecular flexibility index (Phi) is 4.73. The van der Waals surface area contributed by atoms with Crippen LogP contribution in [-0.4, -0.2) is 41.4 Å². The van der Waals surface area contributed by atoms with Crippen LogP contribution < -0.4 is 0 Å². The van der Waals surface area contributed by atoms with Crippen molar-refractivity contribution in [1.82, 2.24) is 4.90 Å². The van der Waals surface area contributed by atoms with E-state index in [2.05, 4.69) is 4.99 Å². The minimum Gasteiger partial charge on any atom is -0.365 e. The largest absolute Gasteiger partial charge is 0.422 e. The number of nitrogens with zero attached hydrogens (tertiary/aromatic N) is 2. The second kappa shape index (κ2) is 6.76. The van der Waals surface area contributed by atoms with Crippen molar-refractivity contribution in [2.24, 2.45) is 4.99 Å². The molecule has 4 nitrogen and oxygen atoms in total. The Bertz CT molecular complexity index is 898. The summed E-state index contributed by atoms with van der Waals surface area (Å²) in [5.74, 6) is -1.52. The predicted molar refractivity (Wildman–Crippen MR) is 92.9 cm³/mol. The lowest BCUT2D eigenvalue weighted by atomic mass is 9.84. The molecule has 11 heteroatoms. The molecule has 0 aromatic heterocycles. The van der Waals surface area contributed by atoms with Gasteiger partial charge in [-0.15, -0.1) is 0 Å². The van der Waals surface area contributed by atoms with Gasteiger partial charge in [-0.3, -0.25) is 4.79 Å². The number of rotatable bonds is 0. The Morgan fingerprint density at radius 2 is 1.69 bits per heavy atom. The van der Waals surface area contributed by atoms with Gasteiger partial charge in [0.2, 0.25) is 0 Å². The van der Waals surface area contributed by atoms with Gasteiger partial charge in [0.1, 0.15) is 0 Å². The lowest BCUT2D eigenvalue weighted by molar-refractivity contribution is -0.173. The van der Waals surface area contributed by atoms with E-state index in [9.17, 15) is 31.1 Å². The maximum Gasteiger partial charge on any atom is 0.422 e. The van der Waals surface area contributed by atoms with Crippen LogP contribution >= 0.6 is 11.8 Å². The first-order chi connectivity index (χ1) is 13.5. The molecule has 1 amide bonds. The van der Waals surface area contributed by atoms with Crippen molar-refractivity contribution in [3.8, 4) is 0 Å². The second-order valence-corrected chi connectivity index (χ2v) is 7.91. The number of hydrogen-bond acceptors (Lipinski definition) is 4. The van der Waals surface area contributed by atoms with E-state index in [1.807, 2.05) is 24.3 Å². The standard InChI is InChI=1S/C18H14F6N2O2S/c19-17(20,21)13(18(22,23)24)12-14(27)25-15(29-12)26-7-5-16(6-8-26)11-4-2-1-3-10(11)9-28-16/h1-4H,5-9H2. The number of amidine groups is 1. The van der Waals surface area contributed by atoms with Crippen LogP contribution in [0.15, 0.2) is 39.7 Å². The van der Waals surface area contributed by atoms with Gasteiger partial charge in [-0.05, 0) is 35.7 Å². The summed E-state index contributed by atoms with van der Waals surface area (Å²) in [7, 11) is 0. The highest BCUT2D eigenvalue weighted by Gasteiger charge is 2.55. The number of alkyl halides is 6. The Labute approximate surface area is 165 Å². The average Bonchev–Trinajstić information content (AvgIpc) is 3.16. The van der Waals surface area contributed by atoms with Gasteiger partial charge >= 0.3 is 12.4 Å². The highest BCUT2D eigenvalue weighted by molar-refractivity contribution is 8.18. The van der Waals surface area contributed by atoms with Crippen molar-refractivity contribution in [2.75, 3.05) is 13.1 Å². The van der Waals surface area contributed by atoms with Gasteiger partial charge in [-0.2, -0.15) is 31.3 Å². The average molecular weight is 436 g/mol. The number of thioether (sulfide) groups is 1. The number of hydrogen-bond donors (Lipinski definition) is 0. The lowest BCUT2D eigenvalue weighted by Crippen LogP contribution is -2.44. The number of aliphatic imine (C=N–C) groups is 1. The Balaban J connectivity index is 1.53. The normalized spacial score (nSPS) is 21.6. The molecule has 0 radical (unpaired) electrons. The van der Waals surface area contributed by atoms with Crippen molar-refractivity contribution < 1.29 is 35.9 Å². The summed E-state index contributed by atoms with van der Waals surface area (Å²) in [6.07, 6.45) is -10.4. The zero-order valence-corrected chi connectivity index (χ0v) is 15.5. The third kappa shape index (κ3) is 3.54. The van der Waals surface area contributed by atoms with Gasteiger partial charge in [0.05, 0.1) is 17.1 Å². The summed E-state index contributed by atoms with van der Waals surface area (Å²) in [6.45, 7) is 1.06. The van der Waals surface area contributed by atoms with Crippen LogP contribution in [-0.2, 0) is 21.7 Å². The summed E-state index contributed by atoms with van der Waals surface area (Å²) in [5.41, 5.74) is -1.22. The number of benzene rings is 1. The minimum absolute atomic E-state index is 0.129. The Morgan fingerprint density at radius 1 is 1.07 bits per heavy atom. The van der Waals surface area contributed by atoms with E-state index in [0.717, 1.165) is 11.1 Å². The zero-order chi connectivity index (χ0) is 21.0. The summed E-state index contributed by atoms with van der Waals surface area (Å²) in [4.78, 5) is 15.4. The molecule has 1 aromatic carbocycles. The van der Waals surface area contributed by atoms with Gasteiger partial charge in [0.25, 0.3) is 5.91 Å². The molecule has 1 spiro atoms. The lowest BCUT2D eigenvalue weighted by Gasteiger charge is -2.39. The molecule has 3 aliphatic rings. The molecule has 3 heterocycles. The Hall–Kier alpha value is -2.01. The number of allylic oxidation sites excluding steroid dienone is 1. The van der Waals surface area contributed by atoms with Gasteiger partial charge in [-0.1, -0.05) is 24.3 Å². The van der Waals surface area contributed by atoms with Crippen LogP contribution in [0.1, 0.15) is 24.0 Å². The van der Waals surface area contributed by atoms with E-state index in [4.69, 9.17) is 4.74 Å². The maximum absolute atomic E-state index is 12.9. The molecule has 0 aliphatic carbocycles. The number of halogens is 6. The number of amides is 1. The summed E-state index contributed by atoms with van der Waals surface area (Å²) < 4.78 is 83.5. The van der Waals surface area contributed by atoms with E-state index < -0.39 is 34.3 Å². The number of carbonyl (C=O) groups is 1. The fraction of sp³-hybridized carbons (Fsp3) is 0.444. The molecule has 1 saturated heterocycles. The first kappa shape index (κ1) is 20.3. The van der Waals surface area contributed by atoms with Gasteiger partial charge in [-0.25, -0.2) is 0 Å². The SMILES string of the molecule is O=C1N=C(N2CCC3(CC2)OCc2ccccc23)SC1=C(C(F)(F)F)C(F)(F)F. The van der Waals surface area contributed by atoms with E-state index in [1.165, 1.54) is 4.90 Å². The van der Waals surface area contributed by atoms with Crippen LogP contribution in [0.4, 0.5) is 26.3 Å². The predicted octanol–water partition coefficient (Wildman–Crippen LogP) is 4.52. The summed E-state index contributed by atoms with van der Waals surface area (Å²) >= 11 is 0.129. The number of ether oxygens (including phenoxy) is 1. The van der Waals surface area contributed by atoms with Crippen molar-refractivity contribution in [3.05, 3.63) is 45.9 Å². The molecule has 4 rings (SSSR count). The van der Waals surface area contributed by atoms with Crippen molar-refractivity contribution >= 4 is 22.8 Å². The molecular formula is C18H14F6N2O2S. The molecule has 1 aromatic rings. The highest BCUT2D eigenvalue weighted by atomic mass is 32.2. The molecular weight excluding hydrogens is 422 g/mol. The van der Waals surface area contributed by atoms with E-state index >= 15 is 0 Å². The molecule has 1 fully saturated rings. The van der Waals surface area contributed by atoms with Crippen molar-refractivity contribution in [3.63, 3.8) is 0 Å². The minimum atomic E-state index is -5.70. The van der Waals surface area contributed by atoms with Crippen molar-refractivity contribution in [1.29, 1.82) is 0 Å². The molecule has 3 aliphatic heterocycles. The monoisotopic (exact) mass is 436 g/mol. The van der Waals surface area contributed by atoms with Crippen LogP contribution in [0.2, 0.25) is 0 Å². The third-order valence-corrected chi connectivity index (χ3v) is 6.35. The highest BCUT2D eigenvalue weighted by Crippen LogP contribution is 2.48. The number of carbonyl (C=O) groups excluding carboxylic acids is 1. The fourth-order valence-electron chi connectivity index (χ4n) is 3.86. The first-order valence-corrected chi connectivity index (χ1v) is 9.50. The van der Waals surface area contributed by atoms with Crippen LogP contribution in [0.5, 0.6) is 0 Å². The molecule has 0 bridgehead atoms. The number of likely N-dealkylation sites (tertiary alicyclic amines) is 1. The summed E-state index contributed by atoms with van der Waals surface area (Å²) in [6, 6.07) is 7.71. The zero-order valence-electron chi connectivity index (χ0n) is 14.7. The number of fused-ring (bicyclic) bond motifs is 2. The quantitative estimate of drug-likeness (QED) is 0.443. The molecule has 29 heavy (non-hydrogen) atoms. The van der Waals surface area contributed by atoms with Crippen LogP contribution in [0.3, 0.4) is 0 Å². The molecule has 0 unspecified atom stereocenters. The van der Waals surface area contributed by atoms with E-state index in [1.54, 1.807) is 0 Å². The Morgan fingerprint density at radius 3 is 2.31 bits per heavy atom. The molecule has 0 N–H and O–H groups in total. The van der Waals surface area contributed by atoms with E-state index in [-0.39, 0.29) is 16.9 Å². The topological polar surface area (TPSA) is 41.9 Å². The first-order valence-electron chi connectivity index (χ1n) is 8.68.